The molecule has 0 bridgehead atoms. The van der Waals surface area contributed by atoms with Crippen molar-refractivity contribution < 1.29 is 4.74 Å². The largest absolute Gasteiger partial charge is 0.377 e. The van der Waals surface area contributed by atoms with Crippen LogP contribution in [0.3, 0.4) is 0 Å². The first-order valence-electron chi connectivity index (χ1n) is 4.83. The minimum absolute atomic E-state index is 0.0359. The average Bonchev–Trinajstić information content (AvgIpc) is 2.86. The summed E-state index contributed by atoms with van der Waals surface area (Å²) in [5, 5.41) is 11.6. The van der Waals surface area contributed by atoms with Gasteiger partial charge in [-0.1, -0.05) is 0 Å². The van der Waals surface area contributed by atoms with Crippen molar-refractivity contribution in [1.82, 2.24) is 14.7 Å². The van der Waals surface area contributed by atoms with E-state index < -0.39 is 0 Å². The lowest BCUT2D eigenvalue weighted by molar-refractivity contribution is 0.0804. The molecule has 0 unspecified atom stereocenters. The van der Waals surface area contributed by atoms with Crippen LogP contribution in [0.1, 0.15) is 6.04 Å². The maximum atomic E-state index is 7.39. The molecule has 1 saturated heterocycles. The molecule has 0 aliphatic carbocycles. The van der Waals surface area contributed by atoms with Crippen LogP contribution in [0.2, 0.25) is 0 Å². The van der Waals surface area contributed by atoms with E-state index in [1.165, 1.54) is 0 Å². The van der Waals surface area contributed by atoms with Crippen molar-refractivity contribution in [3.8, 4) is 0 Å². The summed E-state index contributed by atoms with van der Waals surface area (Å²) >= 11 is 0. The van der Waals surface area contributed by atoms with E-state index in [1.807, 2.05) is 16.9 Å². The molecule has 1 aliphatic rings. The first-order chi connectivity index (χ1) is 7.22. The quantitative estimate of drug-likeness (QED) is 0.515. The summed E-state index contributed by atoms with van der Waals surface area (Å²) < 4.78 is 7.23. The SMILES string of the molecule is CO[C@@H]1CN(C(=N)N)C[C@H]1n1cccn1. The van der Waals surface area contributed by atoms with E-state index >= 15 is 0 Å². The third kappa shape index (κ3) is 1.80. The van der Waals surface area contributed by atoms with Crippen molar-refractivity contribution in [2.45, 2.75) is 12.1 Å². The highest BCUT2D eigenvalue weighted by atomic mass is 16.5. The molecule has 1 aliphatic heterocycles. The number of guanidine groups is 1. The molecular formula is C9H15N5O. The van der Waals surface area contributed by atoms with Gasteiger partial charge in [0.05, 0.1) is 12.1 Å². The van der Waals surface area contributed by atoms with Crippen molar-refractivity contribution >= 4 is 5.96 Å². The topological polar surface area (TPSA) is 80.2 Å². The molecular weight excluding hydrogens is 194 g/mol. The smallest absolute Gasteiger partial charge is 0.188 e. The number of hydrogen-bond acceptors (Lipinski definition) is 3. The van der Waals surface area contributed by atoms with E-state index in [1.54, 1.807) is 18.2 Å². The van der Waals surface area contributed by atoms with Crippen LogP contribution >= 0.6 is 0 Å². The number of likely N-dealkylation sites (tertiary alicyclic amines) is 1. The first-order valence-corrected chi connectivity index (χ1v) is 4.83. The second-order valence-electron chi connectivity index (χ2n) is 3.62. The Morgan fingerprint density at radius 1 is 1.60 bits per heavy atom. The Balaban J connectivity index is 2.15. The van der Waals surface area contributed by atoms with Crippen LogP contribution in [0.25, 0.3) is 0 Å². The Labute approximate surface area is 88.1 Å². The van der Waals surface area contributed by atoms with E-state index in [-0.39, 0.29) is 18.1 Å². The zero-order valence-electron chi connectivity index (χ0n) is 8.63. The lowest BCUT2D eigenvalue weighted by Gasteiger charge is -2.16. The summed E-state index contributed by atoms with van der Waals surface area (Å²) in [5.41, 5.74) is 5.45. The van der Waals surface area contributed by atoms with Gasteiger partial charge in [0, 0.05) is 32.6 Å². The van der Waals surface area contributed by atoms with Crippen LogP contribution in [-0.4, -0.2) is 46.9 Å². The maximum absolute atomic E-state index is 7.39. The Morgan fingerprint density at radius 3 is 2.93 bits per heavy atom. The second-order valence-corrected chi connectivity index (χ2v) is 3.62. The van der Waals surface area contributed by atoms with Crippen LogP contribution in [0, 0.1) is 5.41 Å². The predicted octanol–water partition coefficient (Wildman–Crippen LogP) is -0.352. The first kappa shape index (κ1) is 9.97. The monoisotopic (exact) mass is 209 g/mol. The van der Waals surface area contributed by atoms with Gasteiger partial charge in [-0.3, -0.25) is 10.1 Å². The van der Waals surface area contributed by atoms with Gasteiger partial charge >= 0.3 is 0 Å². The van der Waals surface area contributed by atoms with Crippen molar-refractivity contribution in [1.29, 1.82) is 5.41 Å². The van der Waals surface area contributed by atoms with Crippen molar-refractivity contribution in [2.75, 3.05) is 20.2 Å². The van der Waals surface area contributed by atoms with Crippen LogP contribution < -0.4 is 5.73 Å². The number of nitrogens with zero attached hydrogens (tertiary/aromatic N) is 3. The molecule has 6 heteroatoms. The lowest BCUT2D eigenvalue weighted by atomic mass is 10.2. The van der Waals surface area contributed by atoms with E-state index in [9.17, 15) is 0 Å². The zero-order valence-corrected chi connectivity index (χ0v) is 8.63. The van der Waals surface area contributed by atoms with Gasteiger partial charge in [-0.15, -0.1) is 0 Å². The van der Waals surface area contributed by atoms with Crippen molar-refractivity contribution in [3.05, 3.63) is 18.5 Å². The van der Waals surface area contributed by atoms with Crippen LogP contribution in [-0.2, 0) is 4.74 Å². The van der Waals surface area contributed by atoms with Gasteiger partial charge < -0.3 is 15.4 Å². The number of ether oxygens (including phenoxy) is 1. The Morgan fingerprint density at radius 2 is 2.40 bits per heavy atom. The molecule has 6 nitrogen and oxygen atoms in total. The Kier molecular flexibility index (Phi) is 2.59. The Hall–Kier alpha value is -1.56. The third-order valence-electron chi connectivity index (χ3n) is 2.75. The number of hydrogen-bond donors (Lipinski definition) is 2. The third-order valence-corrected chi connectivity index (χ3v) is 2.75. The molecule has 1 fully saturated rings. The fourth-order valence-electron chi connectivity index (χ4n) is 1.92. The molecule has 0 saturated carbocycles. The summed E-state index contributed by atoms with van der Waals surface area (Å²) in [6.07, 6.45) is 3.68. The van der Waals surface area contributed by atoms with E-state index in [0.717, 1.165) is 0 Å². The molecule has 2 rings (SSSR count). The fourth-order valence-corrected chi connectivity index (χ4v) is 1.92. The lowest BCUT2D eigenvalue weighted by Crippen LogP contribution is -2.35. The van der Waals surface area contributed by atoms with Gasteiger partial charge in [0.2, 0.25) is 0 Å². The molecule has 82 valence electrons. The van der Waals surface area contributed by atoms with Crippen LogP contribution in [0.5, 0.6) is 0 Å². The van der Waals surface area contributed by atoms with Gasteiger partial charge in [0.1, 0.15) is 0 Å². The van der Waals surface area contributed by atoms with E-state index in [2.05, 4.69) is 5.10 Å². The minimum atomic E-state index is 0.0359. The standard InChI is InChI=1S/C9H15N5O/c1-15-8-6-13(9(10)11)5-7(8)14-4-2-3-12-14/h2-4,7-8H,5-6H2,1H3,(H3,10,11)/t7-,8-/m1/s1. The molecule has 15 heavy (non-hydrogen) atoms. The highest BCUT2D eigenvalue weighted by molar-refractivity contribution is 5.75. The van der Waals surface area contributed by atoms with Gasteiger partial charge in [0.25, 0.3) is 0 Å². The van der Waals surface area contributed by atoms with E-state index in [4.69, 9.17) is 15.9 Å². The number of methoxy groups -OCH3 is 1. The van der Waals surface area contributed by atoms with Gasteiger partial charge in [-0.05, 0) is 6.07 Å². The van der Waals surface area contributed by atoms with Crippen molar-refractivity contribution in [2.24, 2.45) is 5.73 Å². The number of aromatic nitrogens is 2. The molecule has 0 amide bonds. The van der Waals surface area contributed by atoms with Crippen LogP contribution in [0.4, 0.5) is 0 Å². The minimum Gasteiger partial charge on any atom is -0.377 e. The summed E-state index contributed by atoms with van der Waals surface area (Å²) in [4.78, 5) is 1.79. The zero-order chi connectivity index (χ0) is 10.8. The molecule has 0 spiro atoms. The van der Waals surface area contributed by atoms with Gasteiger partial charge in [-0.25, -0.2) is 0 Å². The summed E-state index contributed by atoms with van der Waals surface area (Å²) in [6, 6.07) is 2.01. The van der Waals surface area contributed by atoms with E-state index in [0.29, 0.717) is 13.1 Å². The van der Waals surface area contributed by atoms with Gasteiger partial charge in [-0.2, -0.15) is 5.10 Å². The van der Waals surface area contributed by atoms with Gasteiger partial charge in [0.15, 0.2) is 5.96 Å². The Bertz CT molecular complexity index is 336. The average molecular weight is 209 g/mol. The van der Waals surface area contributed by atoms with Crippen LogP contribution in [0.15, 0.2) is 18.5 Å². The molecule has 2 heterocycles. The molecule has 1 aromatic heterocycles. The number of nitrogens with one attached hydrogen (secondary N) is 1. The summed E-state index contributed by atoms with van der Waals surface area (Å²) in [5.74, 6) is 0.0895. The normalized spacial score (nSPS) is 25.8. The highest BCUT2D eigenvalue weighted by Crippen LogP contribution is 2.22. The van der Waals surface area contributed by atoms with Crippen molar-refractivity contribution in [3.63, 3.8) is 0 Å². The highest BCUT2D eigenvalue weighted by Gasteiger charge is 2.35. The molecule has 3 N–H and O–H groups in total. The molecule has 0 radical (unpaired) electrons. The molecule has 1 aromatic rings. The number of nitrogens with two attached hydrogens (primary N) is 1. The fraction of sp³-hybridized carbons (Fsp3) is 0.556. The second kappa shape index (κ2) is 3.90. The summed E-state index contributed by atoms with van der Waals surface area (Å²) in [6.45, 7) is 1.33. The summed E-state index contributed by atoms with van der Waals surface area (Å²) in [7, 11) is 1.67. The predicted molar refractivity (Wildman–Crippen MR) is 55.5 cm³/mol. The maximum Gasteiger partial charge on any atom is 0.188 e. The molecule has 0 aromatic carbocycles. The number of rotatable bonds is 2. The molecule has 2 atom stereocenters.